The normalized spacial score (nSPS) is 14.0. The van der Waals surface area contributed by atoms with Crippen molar-refractivity contribution in [2.75, 3.05) is 11.4 Å². The predicted octanol–water partition coefficient (Wildman–Crippen LogP) is 5.53. The van der Waals surface area contributed by atoms with Crippen molar-refractivity contribution in [3.8, 4) is 0 Å². The fourth-order valence-corrected chi connectivity index (χ4v) is 2.69. The van der Waals surface area contributed by atoms with Gasteiger partial charge in [0.2, 0.25) is 0 Å². The summed E-state index contributed by atoms with van der Waals surface area (Å²) >= 11 is 0. The Balaban J connectivity index is 0.000000774. The first kappa shape index (κ1) is 15.4. The summed E-state index contributed by atoms with van der Waals surface area (Å²) in [6.45, 7) is 10.4. The third-order valence-corrected chi connectivity index (χ3v) is 3.76. The lowest BCUT2D eigenvalue weighted by Crippen LogP contribution is -2.23. The Bertz CT molecular complexity index is 625. The Morgan fingerprint density at radius 2 is 1.67 bits per heavy atom. The molecule has 0 saturated carbocycles. The van der Waals surface area contributed by atoms with Gasteiger partial charge < -0.3 is 4.90 Å². The number of hydrogen-bond donors (Lipinski definition) is 0. The summed E-state index contributed by atoms with van der Waals surface area (Å²) in [4.78, 5) is 2.44. The minimum atomic E-state index is 0.979. The maximum Gasteiger partial charge on any atom is 0.0442 e. The summed E-state index contributed by atoms with van der Waals surface area (Å²) in [5, 5.41) is 0. The van der Waals surface area contributed by atoms with Crippen molar-refractivity contribution in [3.63, 3.8) is 0 Å². The molecule has 1 heteroatoms. The smallest absolute Gasteiger partial charge is 0.0442 e. The molecule has 0 saturated heterocycles. The molecule has 0 fully saturated rings. The highest BCUT2D eigenvalue weighted by atomic mass is 15.1. The summed E-state index contributed by atoms with van der Waals surface area (Å²) in [6.07, 6.45) is 4.48. The van der Waals surface area contributed by atoms with Crippen LogP contribution in [0.3, 0.4) is 0 Å². The van der Waals surface area contributed by atoms with Gasteiger partial charge in [-0.15, -0.1) is 0 Å². The van der Waals surface area contributed by atoms with Gasteiger partial charge in [-0.05, 0) is 42.7 Å². The maximum atomic E-state index is 2.44. The number of rotatable bonds is 1. The van der Waals surface area contributed by atoms with Crippen molar-refractivity contribution in [2.45, 2.75) is 34.2 Å². The molecule has 0 unspecified atom stereocenters. The zero-order valence-corrected chi connectivity index (χ0v) is 13.6. The Morgan fingerprint density at radius 1 is 0.952 bits per heavy atom. The third-order valence-electron chi connectivity index (χ3n) is 3.76. The van der Waals surface area contributed by atoms with Crippen molar-refractivity contribution in [3.05, 3.63) is 64.7 Å². The van der Waals surface area contributed by atoms with E-state index in [0.29, 0.717) is 0 Å². The predicted molar refractivity (Wildman–Crippen MR) is 94.6 cm³/mol. The SMILES string of the molecule is CC.CCN1Cc2ccccc2/C=C\c2cc(C)ccc21. The van der Waals surface area contributed by atoms with Gasteiger partial charge in [0.25, 0.3) is 0 Å². The maximum absolute atomic E-state index is 2.44. The van der Waals surface area contributed by atoms with Crippen molar-refractivity contribution < 1.29 is 0 Å². The van der Waals surface area contributed by atoms with Gasteiger partial charge in [0.1, 0.15) is 0 Å². The third kappa shape index (κ3) is 3.36. The number of hydrogen-bond acceptors (Lipinski definition) is 1. The number of nitrogens with zero attached hydrogens (tertiary/aromatic N) is 1. The molecular weight excluding hydrogens is 254 g/mol. The van der Waals surface area contributed by atoms with E-state index in [1.807, 2.05) is 13.8 Å². The number of anilines is 1. The lowest BCUT2D eigenvalue weighted by atomic mass is 10.00. The van der Waals surface area contributed by atoms with E-state index in [-0.39, 0.29) is 0 Å². The fourth-order valence-electron chi connectivity index (χ4n) is 2.69. The highest BCUT2D eigenvalue weighted by molar-refractivity contribution is 5.80. The highest BCUT2D eigenvalue weighted by Crippen LogP contribution is 2.29. The molecule has 3 rings (SSSR count). The first-order chi connectivity index (χ1) is 10.3. The van der Waals surface area contributed by atoms with E-state index in [9.17, 15) is 0 Å². The van der Waals surface area contributed by atoms with Crippen molar-refractivity contribution in [2.24, 2.45) is 0 Å². The van der Waals surface area contributed by atoms with Crippen molar-refractivity contribution in [1.82, 2.24) is 0 Å². The highest BCUT2D eigenvalue weighted by Gasteiger charge is 2.13. The molecule has 0 atom stereocenters. The fraction of sp³-hybridized carbons (Fsp3) is 0.300. The molecule has 2 aromatic carbocycles. The average molecular weight is 279 g/mol. The molecule has 0 aromatic heterocycles. The van der Waals surface area contributed by atoms with Gasteiger partial charge >= 0.3 is 0 Å². The zero-order valence-electron chi connectivity index (χ0n) is 13.6. The quantitative estimate of drug-likeness (QED) is 0.663. The summed E-state index contributed by atoms with van der Waals surface area (Å²) < 4.78 is 0. The molecule has 21 heavy (non-hydrogen) atoms. The first-order valence-corrected chi connectivity index (χ1v) is 7.89. The molecule has 0 bridgehead atoms. The molecule has 2 aromatic rings. The first-order valence-electron chi connectivity index (χ1n) is 7.89. The average Bonchev–Trinajstić information content (AvgIpc) is 2.52. The van der Waals surface area contributed by atoms with E-state index in [1.54, 1.807) is 0 Å². The van der Waals surface area contributed by atoms with Crippen molar-refractivity contribution in [1.29, 1.82) is 0 Å². The van der Waals surface area contributed by atoms with E-state index in [4.69, 9.17) is 0 Å². The summed E-state index contributed by atoms with van der Waals surface area (Å²) in [5.74, 6) is 0. The van der Waals surface area contributed by atoms with Gasteiger partial charge in [-0.25, -0.2) is 0 Å². The second-order valence-corrected chi connectivity index (χ2v) is 5.11. The Morgan fingerprint density at radius 3 is 2.43 bits per heavy atom. The number of fused-ring (bicyclic) bond motifs is 2. The van der Waals surface area contributed by atoms with Crippen LogP contribution in [0.4, 0.5) is 5.69 Å². The summed E-state index contributed by atoms with van der Waals surface area (Å²) in [6, 6.07) is 15.4. The molecular formula is C20H25N. The van der Waals surface area contributed by atoms with Gasteiger partial charge in [-0.2, -0.15) is 0 Å². The van der Waals surface area contributed by atoms with E-state index < -0.39 is 0 Å². The van der Waals surface area contributed by atoms with Crippen LogP contribution in [-0.4, -0.2) is 6.54 Å². The van der Waals surface area contributed by atoms with Crippen LogP contribution in [0.15, 0.2) is 42.5 Å². The van der Waals surface area contributed by atoms with Crippen LogP contribution < -0.4 is 4.90 Å². The Labute approximate surface area is 128 Å². The Hall–Kier alpha value is -2.02. The minimum Gasteiger partial charge on any atom is -0.367 e. The van der Waals surface area contributed by atoms with Crippen LogP contribution in [0.25, 0.3) is 12.2 Å². The number of benzene rings is 2. The molecule has 0 spiro atoms. The van der Waals surface area contributed by atoms with Gasteiger partial charge in [-0.1, -0.05) is 61.9 Å². The lowest BCUT2D eigenvalue weighted by molar-refractivity contribution is 0.828. The minimum absolute atomic E-state index is 0.979. The van der Waals surface area contributed by atoms with Gasteiger partial charge in [0.05, 0.1) is 0 Å². The van der Waals surface area contributed by atoms with E-state index in [1.165, 1.54) is 27.9 Å². The van der Waals surface area contributed by atoms with Crippen LogP contribution in [-0.2, 0) is 6.54 Å². The van der Waals surface area contributed by atoms with E-state index >= 15 is 0 Å². The van der Waals surface area contributed by atoms with E-state index in [0.717, 1.165) is 13.1 Å². The van der Waals surface area contributed by atoms with Crippen LogP contribution in [0, 0.1) is 6.92 Å². The molecule has 0 radical (unpaired) electrons. The lowest BCUT2D eigenvalue weighted by Gasteiger charge is -2.27. The topological polar surface area (TPSA) is 3.24 Å². The molecule has 0 aliphatic carbocycles. The van der Waals surface area contributed by atoms with Gasteiger partial charge in [0.15, 0.2) is 0 Å². The van der Waals surface area contributed by atoms with Crippen LogP contribution in [0.2, 0.25) is 0 Å². The molecule has 0 amide bonds. The Kier molecular flexibility index (Phi) is 5.21. The van der Waals surface area contributed by atoms with Crippen LogP contribution >= 0.6 is 0 Å². The van der Waals surface area contributed by atoms with E-state index in [2.05, 4.69) is 73.4 Å². The zero-order chi connectivity index (χ0) is 15.2. The molecule has 1 nitrogen and oxygen atoms in total. The standard InChI is InChI=1S/C18H19N.C2H6/c1-3-19-13-17-7-5-4-6-15(17)9-10-16-12-14(2)8-11-18(16)19;1-2/h4-12H,3,13H2,1-2H3;1-2H3/b10-9-;. The number of aryl methyl sites for hydroxylation is 1. The second kappa shape index (κ2) is 7.12. The van der Waals surface area contributed by atoms with Gasteiger partial charge in [0, 0.05) is 18.8 Å². The molecule has 1 aliphatic heterocycles. The largest absolute Gasteiger partial charge is 0.367 e. The molecule has 1 heterocycles. The monoisotopic (exact) mass is 279 g/mol. The van der Waals surface area contributed by atoms with Crippen molar-refractivity contribution >= 4 is 17.8 Å². The van der Waals surface area contributed by atoms with Crippen LogP contribution in [0.5, 0.6) is 0 Å². The second-order valence-electron chi connectivity index (χ2n) is 5.11. The van der Waals surface area contributed by atoms with Crippen LogP contribution in [0.1, 0.15) is 43.0 Å². The summed E-state index contributed by atoms with van der Waals surface area (Å²) in [7, 11) is 0. The summed E-state index contributed by atoms with van der Waals surface area (Å²) in [5.41, 5.74) is 6.68. The van der Waals surface area contributed by atoms with Gasteiger partial charge in [-0.3, -0.25) is 0 Å². The molecule has 1 aliphatic rings. The molecule has 110 valence electrons. The molecule has 0 N–H and O–H groups in total.